The number of halogens is 3. The highest BCUT2D eigenvalue weighted by Gasteiger charge is 2.34. The minimum atomic E-state index is -4.49. The molecule has 0 fully saturated rings. The Bertz CT molecular complexity index is 782. The van der Waals surface area contributed by atoms with E-state index < -0.39 is 23.7 Å². The molecule has 2 aromatic heterocycles. The van der Waals surface area contributed by atoms with Crippen LogP contribution in [0.15, 0.2) is 18.3 Å². The van der Waals surface area contributed by atoms with Crippen LogP contribution in [0.25, 0.3) is 0 Å². The fraction of sp³-hybridized carbons (Fsp3) is 0.467. The molecule has 0 bridgehead atoms. The Kier molecular flexibility index (Phi) is 6.01. The van der Waals surface area contributed by atoms with Crippen molar-refractivity contribution in [2.45, 2.75) is 39.0 Å². The van der Waals surface area contributed by atoms with Crippen molar-refractivity contribution >= 4 is 11.9 Å². The minimum absolute atomic E-state index is 0.0672. The summed E-state index contributed by atoms with van der Waals surface area (Å²) in [5.74, 6) is -1.43. The lowest BCUT2D eigenvalue weighted by Gasteiger charge is -2.08. The molecule has 0 radical (unpaired) electrons. The summed E-state index contributed by atoms with van der Waals surface area (Å²) < 4.78 is 40.3. The first-order chi connectivity index (χ1) is 12.2. The maximum atomic E-state index is 12.6. The number of nitrogens with zero attached hydrogens (tertiary/aromatic N) is 4. The van der Waals surface area contributed by atoms with Gasteiger partial charge < -0.3 is 10.4 Å². The molecule has 2 rings (SSSR count). The molecule has 0 saturated heterocycles. The molecule has 0 atom stereocenters. The first kappa shape index (κ1) is 19.5. The molecular weight excluding hydrogens is 355 g/mol. The monoisotopic (exact) mass is 373 g/mol. The summed E-state index contributed by atoms with van der Waals surface area (Å²) in [4.78, 5) is 22.7. The number of nitrogens with one attached hydrogen (secondary N) is 1. The third-order valence-corrected chi connectivity index (χ3v) is 3.59. The Morgan fingerprint density at radius 3 is 2.62 bits per heavy atom. The number of hydrogen-bond acceptors (Lipinski definition) is 4. The van der Waals surface area contributed by atoms with Crippen molar-refractivity contribution in [1.29, 1.82) is 0 Å². The van der Waals surface area contributed by atoms with Gasteiger partial charge in [0.2, 0.25) is 0 Å². The van der Waals surface area contributed by atoms with E-state index in [1.165, 1.54) is 28.6 Å². The van der Waals surface area contributed by atoms with E-state index in [1.54, 1.807) is 0 Å². The topological polar surface area (TPSA) is 102 Å². The molecule has 2 aromatic rings. The number of carbonyl (C=O) groups is 2. The van der Waals surface area contributed by atoms with Crippen LogP contribution < -0.4 is 5.32 Å². The van der Waals surface area contributed by atoms with Gasteiger partial charge in [-0.3, -0.25) is 19.0 Å². The Morgan fingerprint density at radius 2 is 2.00 bits per heavy atom. The molecule has 0 aromatic carbocycles. The molecule has 1 amide bonds. The maximum Gasteiger partial charge on any atom is 0.435 e. The van der Waals surface area contributed by atoms with Gasteiger partial charge in [0.25, 0.3) is 5.91 Å². The minimum Gasteiger partial charge on any atom is -0.481 e. The zero-order valence-corrected chi connectivity index (χ0v) is 14.0. The molecule has 8 nitrogen and oxygen atoms in total. The average Bonchev–Trinajstić information content (AvgIpc) is 3.15. The number of aryl methyl sites for hydroxylation is 3. The van der Waals surface area contributed by atoms with Crippen molar-refractivity contribution in [3.8, 4) is 0 Å². The van der Waals surface area contributed by atoms with E-state index in [4.69, 9.17) is 5.11 Å². The van der Waals surface area contributed by atoms with Crippen molar-refractivity contribution in [3.05, 3.63) is 35.4 Å². The fourth-order valence-electron chi connectivity index (χ4n) is 2.30. The number of rotatable bonds is 8. The van der Waals surface area contributed by atoms with Crippen LogP contribution >= 0.6 is 0 Å². The number of aliphatic carboxylic acids is 1. The van der Waals surface area contributed by atoms with E-state index >= 15 is 0 Å². The zero-order valence-electron chi connectivity index (χ0n) is 14.0. The summed E-state index contributed by atoms with van der Waals surface area (Å²) >= 11 is 0. The number of carboxylic acid groups (broad SMARTS) is 1. The number of carboxylic acids is 1. The number of aromatic nitrogens is 4. The Hall–Kier alpha value is -2.85. The summed E-state index contributed by atoms with van der Waals surface area (Å²) in [5, 5.41) is 18.7. The molecule has 0 aliphatic rings. The number of amides is 1. The first-order valence-corrected chi connectivity index (χ1v) is 7.82. The van der Waals surface area contributed by atoms with Crippen molar-refractivity contribution in [3.63, 3.8) is 0 Å². The summed E-state index contributed by atoms with van der Waals surface area (Å²) in [6.07, 6.45) is -2.88. The van der Waals surface area contributed by atoms with Gasteiger partial charge in [-0.25, -0.2) is 0 Å². The standard InChI is InChI=1S/C15H18F3N5O3/c1-10-9-12(15(16,17)18)21-22(10)7-2-5-19-14(26)11-3-6-20-23(11)8-4-13(24)25/h3,6,9H,2,4-5,7-8H2,1H3,(H,19,26)(H,24,25). The molecule has 0 saturated carbocycles. The molecular formula is C15H18F3N5O3. The predicted molar refractivity (Wildman–Crippen MR) is 83.4 cm³/mol. The largest absolute Gasteiger partial charge is 0.481 e. The van der Waals surface area contributed by atoms with Gasteiger partial charge >= 0.3 is 12.1 Å². The second kappa shape index (κ2) is 8.02. The van der Waals surface area contributed by atoms with E-state index in [9.17, 15) is 22.8 Å². The van der Waals surface area contributed by atoms with Crippen LogP contribution in [0.1, 0.15) is 34.7 Å². The van der Waals surface area contributed by atoms with E-state index in [1.807, 2.05) is 0 Å². The number of alkyl halides is 3. The Labute approximate surface area is 146 Å². The molecule has 0 unspecified atom stereocenters. The highest BCUT2D eigenvalue weighted by atomic mass is 19.4. The van der Waals surface area contributed by atoms with Crippen LogP contribution in [-0.4, -0.2) is 43.1 Å². The van der Waals surface area contributed by atoms with Gasteiger partial charge in [0.15, 0.2) is 5.69 Å². The van der Waals surface area contributed by atoms with Gasteiger partial charge in [0.1, 0.15) is 5.69 Å². The summed E-state index contributed by atoms with van der Waals surface area (Å²) in [7, 11) is 0. The van der Waals surface area contributed by atoms with Gasteiger partial charge in [-0.15, -0.1) is 0 Å². The molecule has 0 aliphatic heterocycles. The van der Waals surface area contributed by atoms with Gasteiger partial charge in [-0.2, -0.15) is 23.4 Å². The van der Waals surface area contributed by atoms with Crippen molar-refractivity contribution in [2.24, 2.45) is 0 Å². The van der Waals surface area contributed by atoms with Crippen LogP contribution in [0.4, 0.5) is 13.2 Å². The molecule has 0 aliphatic carbocycles. The van der Waals surface area contributed by atoms with Crippen molar-refractivity contribution < 1.29 is 27.9 Å². The lowest BCUT2D eigenvalue weighted by atomic mass is 10.3. The highest BCUT2D eigenvalue weighted by Crippen LogP contribution is 2.28. The quantitative estimate of drug-likeness (QED) is 0.686. The van der Waals surface area contributed by atoms with E-state index in [-0.39, 0.29) is 31.7 Å². The normalized spacial score (nSPS) is 11.5. The third kappa shape index (κ3) is 5.07. The Morgan fingerprint density at radius 1 is 1.27 bits per heavy atom. The third-order valence-electron chi connectivity index (χ3n) is 3.59. The van der Waals surface area contributed by atoms with Gasteiger partial charge in [-0.05, 0) is 25.5 Å². The van der Waals surface area contributed by atoms with Crippen molar-refractivity contribution in [2.75, 3.05) is 6.54 Å². The summed E-state index contributed by atoms with van der Waals surface area (Å²) in [5.41, 5.74) is -0.336. The molecule has 0 spiro atoms. The van der Waals surface area contributed by atoms with Gasteiger partial charge in [-0.1, -0.05) is 0 Å². The molecule has 142 valence electrons. The lowest BCUT2D eigenvalue weighted by Crippen LogP contribution is -2.28. The second-order valence-corrected chi connectivity index (χ2v) is 5.58. The lowest BCUT2D eigenvalue weighted by molar-refractivity contribution is -0.141. The first-order valence-electron chi connectivity index (χ1n) is 7.82. The number of carbonyl (C=O) groups excluding carboxylic acids is 1. The van der Waals surface area contributed by atoms with Gasteiger partial charge in [0.05, 0.1) is 13.0 Å². The van der Waals surface area contributed by atoms with Crippen LogP contribution in [0.5, 0.6) is 0 Å². The number of hydrogen-bond donors (Lipinski definition) is 2. The van der Waals surface area contributed by atoms with Gasteiger partial charge in [0, 0.05) is 25.0 Å². The molecule has 2 N–H and O–H groups in total. The molecule has 11 heteroatoms. The Balaban J connectivity index is 1.83. The van der Waals surface area contributed by atoms with Crippen LogP contribution in [0, 0.1) is 6.92 Å². The average molecular weight is 373 g/mol. The van der Waals surface area contributed by atoms with E-state index in [0.29, 0.717) is 12.1 Å². The maximum absolute atomic E-state index is 12.6. The van der Waals surface area contributed by atoms with E-state index in [2.05, 4.69) is 15.5 Å². The molecule has 26 heavy (non-hydrogen) atoms. The zero-order chi connectivity index (χ0) is 19.3. The predicted octanol–water partition coefficient (Wildman–Crippen LogP) is 1.70. The van der Waals surface area contributed by atoms with Crippen LogP contribution in [-0.2, 0) is 24.1 Å². The molecule has 2 heterocycles. The van der Waals surface area contributed by atoms with Crippen molar-refractivity contribution in [1.82, 2.24) is 24.9 Å². The highest BCUT2D eigenvalue weighted by molar-refractivity contribution is 5.92. The summed E-state index contributed by atoms with van der Waals surface area (Å²) in [6.45, 7) is 2.05. The SMILES string of the molecule is Cc1cc(C(F)(F)F)nn1CCCNC(=O)c1ccnn1CCC(=O)O. The van der Waals surface area contributed by atoms with Crippen LogP contribution in [0.3, 0.4) is 0 Å². The fourth-order valence-corrected chi connectivity index (χ4v) is 2.30. The second-order valence-electron chi connectivity index (χ2n) is 5.58. The van der Waals surface area contributed by atoms with Crippen LogP contribution in [0.2, 0.25) is 0 Å². The smallest absolute Gasteiger partial charge is 0.435 e. The summed E-state index contributed by atoms with van der Waals surface area (Å²) in [6, 6.07) is 2.43. The van der Waals surface area contributed by atoms with E-state index in [0.717, 1.165) is 6.07 Å².